The van der Waals surface area contributed by atoms with E-state index in [2.05, 4.69) is 36.1 Å². The number of rotatable bonds is 2. The molecule has 3 rings (SSSR count). The summed E-state index contributed by atoms with van der Waals surface area (Å²) in [6.07, 6.45) is 4.30. The highest BCUT2D eigenvalue weighted by atomic mass is 15.1. The fourth-order valence-corrected chi connectivity index (χ4v) is 3.12. The molecule has 3 N–H and O–H groups in total. The average Bonchev–Trinajstić information content (AvgIpc) is 3.15. The van der Waals surface area contributed by atoms with Crippen molar-refractivity contribution in [3.63, 3.8) is 0 Å². The molecule has 0 amide bonds. The molecule has 1 aromatic rings. The Morgan fingerprint density at radius 2 is 2.16 bits per heavy atom. The summed E-state index contributed by atoms with van der Waals surface area (Å²) in [5.41, 5.74) is 11.6. The van der Waals surface area contributed by atoms with Crippen LogP contribution in [0.2, 0.25) is 0 Å². The Bertz CT molecular complexity index is 555. The lowest BCUT2D eigenvalue weighted by Gasteiger charge is -2.18. The number of nitrogens with one attached hydrogen (secondary N) is 1. The van der Waals surface area contributed by atoms with Gasteiger partial charge in [-0.25, -0.2) is 9.97 Å². The van der Waals surface area contributed by atoms with Crippen LogP contribution in [0.5, 0.6) is 0 Å². The molecule has 0 saturated heterocycles. The number of nitrogens with two attached hydrogens (primary N) is 1. The van der Waals surface area contributed by atoms with Gasteiger partial charge >= 0.3 is 0 Å². The van der Waals surface area contributed by atoms with Crippen molar-refractivity contribution in [2.45, 2.75) is 45.1 Å². The molecule has 0 radical (unpaired) electrons. The molecule has 1 unspecified atom stereocenters. The highest BCUT2D eigenvalue weighted by Gasteiger charge is 2.57. The van der Waals surface area contributed by atoms with E-state index in [4.69, 9.17) is 5.73 Å². The summed E-state index contributed by atoms with van der Waals surface area (Å²) in [5.74, 6) is 1.17. The normalized spacial score (nSPS) is 25.7. The summed E-state index contributed by atoms with van der Waals surface area (Å²) in [4.78, 5) is 9.06. The van der Waals surface area contributed by atoms with Gasteiger partial charge in [0.1, 0.15) is 0 Å². The van der Waals surface area contributed by atoms with Crippen molar-refractivity contribution in [2.24, 2.45) is 11.7 Å². The standard InChI is InChI=1S/C15H22N4/c1-8(2)9(3)11-12-10(7-18-14(17-4)19-12)15(5-6-15)13(11)16/h7-8,13H,5-6,16H2,1-4H3,(H,17,18,19)/b11-9+. The molecule has 0 bridgehead atoms. The summed E-state index contributed by atoms with van der Waals surface area (Å²) < 4.78 is 0. The van der Waals surface area contributed by atoms with Crippen molar-refractivity contribution in [3.8, 4) is 0 Å². The summed E-state index contributed by atoms with van der Waals surface area (Å²) in [6.45, 7) is 6.62. The van der Waals surface area contributed by atoms with Crippen LogP contribution >= 0.6 is 0 Å². The van der Waals surface area contributed by atoms with Crippen LogP contribution in [0.4, 0.5) is 5.95 Å². The number of nitrogens with zero attached hydrogens (tertiary/aromatic N) is 2. The van der Waals surface area contributed by atoms with Crippen molar-refractivity contribution in [1.29, 1.82) is 0 Å². The van der Waals surface area contributed by atoms with E-state index >= 15 is 0 Å². The quantitative estimate of drug-likeness (QED) is 0.854. The molecule has 4 nitrogen and oxygen atoms in total. The van der Waals surface area contributed by atoms with E-state index in [9.17, 15) is 0 Å². The molecule has 1 spiro atoms. The molecule has 1 aromatic heterocycles. The third kappa shape index (κ3) is 1.62. The monoisotopic (exact) mass is 258 g/mol. The molecule has 1 heterocycles. The van der Waals surface area contributed by atoms with E-state index in [-0.39, 0.29) is 11.5 Å². The van der Waals surface area contributed by atoms with Gasteiger partial charge in [-0.15, -0.1) is 0 Å². The van der Waals surface area contributed by atoms with Gasteiger partial charge in [-0.1, -0.05) is 19.4 Å². The number of hydrogen-bond donors (Lipinski definition) is 2. The smallest absolute Gasteiger partial charge is 0.222 e. The first kappa shape index (κ1) is 12.6. The minimum atomic E-state index is 0.0892. The van der Waals surface area contributed by atoms with Gasteiger partial charge in [-0.3, -0.25) is 0 Å². The highest BCUT2D eigenvalue weighted by molar-refractivity contribution is 5.81. The molecule has 1 atom stereocenters. The van der Waals surface area contributed by atoms with Crippen LogP contribution in [0.15, 0.2) is 11.8 Å². The maximum absolute atomic E-state index is 6.55. The Morgan fingerprint density at radius 1 is 1.47 bits per heavy atom. The Kier molecular flexibility index (Phi) is 2.68. The topological polar surface area (TPSA) is 63.8 Å². The zero-order valence-electron chi connectivity index (χ0n) is 12.1. The molecule has 0 aromatic carbocycles. The second kappa shape index (κ2) is 4.04. The van der Waals surface area contributed by atoms with Gasteiger partial charge in [-0.2, -0.15) is 0 Å². The van der Waals surface area contributed by atoms with Crippen LogP contribution in [0.25, 0.3) is 5.57 Å². The van der Waals surface area contributed by atoms with Crippen molar-refractivity contribution in [1.82, 2.24) is 9.97 Å². The summed E-state index contributed by atoms with van der Waals surface area (Å²) >= 11 is 0. The number of anilines is 1. The second-order valence-electron chi connectivity index (χ2n) is 6.09. The predicted molar refractivity (Wildman–Crippen MR) is 77.9 cm³/mol. The van der Waals surface area contributed by atoms with Gasteiger partial charge in [-0.05, 0) is 31.3 Å². The van der Waals surface area contributed by atoms with Crippen LogP contribution < -0.4 is 11.1 Å². The first-order valence-corrected chi connectivity index (χ1v) is 7.03. The van der Waals surface area contributed by atoms with Crippen LogP contribution in [-0.2, 0) is 5.41 Å². The average molecular weight is 258 g/mol. The molecule has 2 aliphatic rings. The summed E-state index contributed by atoms with van der Waals surface area (Å²) in [5, 5.41) is 3.02. The highest BCUT2D eigenvalue weighted by Crippen LogP contribution is 2.59. The maximum Gasteiger partial charge on any atom is 0.222 e. The van der Waals surface area contributed by atoms with Gasteiger partial charge in [0, 0.05) is 30.3 Å². The fourth-order valence-electron chi connectivity index (χ4n) is 3.12. The molecule has 1 fully saturated rings. The zero-order valence-corrected chi connectivity index (χ0v) is 12.1. The van der Waals surface area contributed by atoms with Crippen molar-refractivity contribution in [2.75, 3.05) is 12.4 Å². The van der Waals surface area contributed by atoms with Crippen molar-refractivity contribution >= 4 is 11.5 Å². The first-order chi connectivity index (χ1) is 9.01. The van der Waals surface area contributed by atoms with Crippen LogP contribution in [0.3, 0.4) is 0 Å². The lowest BCUT2D eigenvalue weighted by molar-refractivity contribution is 0.634. The van der Waals surface area contributed by atoms with Gasteiger partial charge in [0.05, 0.1) is 5.69 Å². The van der Waals surface area contributed by atoms with E-state index in [1.807, 2.05) is 13.2 Å². The maximum atomic E-state index is 6.55. The number of aromatic nitrogens is 2. The third-order valence-corrected chi connectivity index (χ3v) is 4.79. The number of allylic oxidation sites excluding steroid dienone is 1. The van der Waals surface area contributed by atoms with Crippen molar-refractivity contribution < 1.29 is 0 Å². The van der Waals surface area contributed by atoms with Crippen LogP contribution in [-0.4, -0.2) is 23.1 Å². The van der Waals surface area contributed by atoms with E-state index in [1.54, 1.807) is 0 Å². The summed E-state index contributed by atoms with van der Waals surface area (Å²) in [7, 11) is 1.85. The minimum Gasteiger partial charge on any atom is -0.357 e. The molecule has 102 valence electrons. The fraction of sp³-hybridized carbons (Fsp3) is 0.600. The molecular weight excluding hydrogens is 236 g/mol. The van der Waals surface area contributed by atoms with Gasteiger partial charge in [0.2, 0.25) is 5.95 Å². The van der Waals surface area contributed by atoms with Gasteiger partial charge in [0.25, 0.3) is 0 Å². The predicted octanol–water partition coefficient (Wildman–Crippen LogP) is 2.32. The Balaban J connectivity index is 2.22. The molecule has 2 aliphatic carbocycles. The Labute approximate surface area is 114 Å². The number of fused-ring (bicyclic) bond motifs is 2. The van der Waals surface area contributed by atoms with Crippen LogP contribution in [0, 0.1) is 5.92 Å². The molecule has 1 saturated carbocycles. The largest absolute Gasteiger partial charge is 0.357 e. The molecule has 0 aliphatic heterocycles. The SMILES string of the molecule is CNc1ncc2c(n1)/C(=C(/C)C(C)C)C(N)C21CC1. The van der Waals surface area contributed by atoms with E-state index in [0.717, 1.165) is 18.5 Å². The minimum absolute atomic E-state index is 0.0892. The molecule has 4 heteroatoms. The third-order valence-electron chi connectivity index (χ3n) is 4.79. The molecular formula is C15H22N4. The Morgan fingerprint density at radius 3 is 2.68 bits per heavy atom. The molecule has 19 heavy (non-hydrogen) atoms. The Hall–Kier alpha value is -1.42. The first-order valence-electron chi connectivity index (χ1n) is 7.03. The van der Waals surface area contributed by atoms with Crippen LogP contribution in [0.1, 0.15) is 44.9 Å². The van der Waals surface area contributed by atoms with Crippen molar-refractivity contribution in [3.05, 3.63) is 23.0 Å². The van der Waals surface area contributed by atoms with Gasteiger partial charge < -0.3 is 11.1 Å². The van der Waals surface area contributed by atoms with E-state index < -0.39 is 0 Å². The zero-order chi connectivity index (χ0) is 13.8. The lowest BCUT2D eigenvalue weighted by atomic mass is 9.91. The van der Waals surface area contributed by atoms with E-state index in [0.29, 0.717) is 11.9 Å². The van der Waals surface area contributed by atoms with E-state index in [1.165, 1.54) is 16.7 Å². The number of hydrogen-bond acceptors (Lipinski definition) is 4. The second-order valence-corrected chi connectivity index (χ2v) is 6.09. The summed E-state index contributed by atoms with van der Waals surface area (Å²) in [6, 6.07) is 0.0892. The van der Waals surface area contributed by atoms with Gasteiger partial charge in [0.15, 0.2) is 0 Å². The lowest BCUT2D eigenvalue weighted by Crippen LogP contribution is -2.31.